The molecule has 0 saturated carbocycles. The summed E-state index contributed by atoms with van der Waals surface area (Å²) in [5.41, 5.74) is 0. The average molecular weight is 238 g/mol. The molecule has 0 spiro atoms. The van der Waals surface area contributed by atoms with Crippen molar-refractivity contribution in [2.45, 2.75) is 38.6 Å². The average Bonchev–Trinajstić information content (AvgIpc) is 2.59. The Morgan fingerprint density at radius 2 is 2.29 bits per heavy atom. The first-order valence-corrected chi connectivity index (χ1v) is 6.45. The van der Waals surface area contributed by atoms with Gasteiger partial charge in [0.1, 0.15) is 0 Å². The van der Waals surface area contributed by atoms with Gasteiger partial charge in [0.05, 0.1) is 0 Å². The number of aromatic nitrogens is 2. The highest BCUT2D eigenvalue weighted by Crippen LogP contribution is 2.09. The minimum absolute atomic E-state index is 0.646. The molecule has 1 aromatic heterocycles. The van der Waals surface area contributed by atoms with Crippen molar-refractivity contribution in [1.29, 1.82) is 0 Å². The molecule has 5 nitrogen and oxygen atoms in total. The van der Waals surface area contributed by atoms with Gasteiger partial charge in [0.2, 0.25) is 5.89 Å². The van der Waals surface area contributed by atoms with E-state index in [9.17, 15) is 0 Å². The zero-order chi connectivity index (χ0) is 12.1. The van der Waals surface area contributed by atoms with Gasteiger partial charge in [-0.25, -0.2) is 0 Å². The van der Waals surface area contributed by atoms with Gasteiger partial charge in [0.25, 0.3) is 0 Å². The van der Waals surface area contributed by atoms with Crippen LogP contribution in [0.5, 0.6) is 0 Å². The Hall–Kier alpha value is -0.940. The summed E-state index contributed by atoms with van der Waals surface area (Å²) >= 11 is 0. The van der Waals surface area contributed by atoms with E-state index in [4.69, 9.17) is 4.52 Å². The predicted octanol–water partition coefficient (Wildman–Crippen LogP) is 0.994. The Morgan fingerprint density at radius 3 is 3.06 bits per heavy atom. The van der Waals surface area contributed by atoms with Crippen molar-refractivity contribution < 1.29 is 4.52 Å². The number of likely N-dealkylation sites (tertiary alicyclic amines) is 1. The molecule has 1 fully saturated rings. The summed E-state index contributed by atoms with van der Waals surface area (Å²) in [7, 11) is 2.20. The Bertz CT molecular complexity index is 339. The third-order valence-corrected chi connectivity index (χ3v) is 3.30. The van der Waals surface area contributed by atoms with Crippen LogP contribution in [0.4, 0.5) is 0 Å². The normalized spacial score (nSPS) is 22.6. The van der Waals surface area contributed by atoms with E-state index in [0.717, 1.165) is 18.8 Å². The van der Waals surface area contributed by atoms with Crippen LogP contribution in [0.2, 0.25) is 0 Å². The number of aryl methyl sites for hydroxylation is 1. The lowest BCUT2D eigenvalue weighted by atomic mass is 10.1. The van der Waals surface area contributed by atoms with Gasteiger partial charge in [0.15, 0.2) is 5.82 Å². The van der Waals surface area contributed by atoms with Crippen LogP contribution >= 0.6 is 0 Å². The molecule has 1 N–H and O–H groups in total. The zero-order valence-electron chi connectivity index (χ0n) is 10.8. The van der Waals surface area contributed by atoms with Crippen LogP contribution in [-0.4, -0.2) is 47.8 Å². The third-order valence-electron chi connectivity index (χ3n) is 3.30. The molecule has 1 aliphatic rings. The summed E-state index contributed by atoms with van der Waals surface area (Å²) in [6.45, 7) is 5.18. The fourth-order valence-electron chi connectivity index (χ4n) is 2.28. The number of hydrogen-bond acceptors (Lipinski definition) is 5. The fourth-order valence-corrected chi connectivity index (χ4v) is 2.28. The van der Waals surface area contributed by atoms with E-state index >= 15 is 0 Å². The number of hydrogen-bond donors (Lipinski definition) is 1. The quantitative estimate of drug-likeness (QED) is 0.848. The van der Waals surface area contributed by atoms with E-state index < -0.39 is 0 Å². The second-order valence-electron chi connectivity index (χ2n) is 4.86. The van der Waals surface area contributed by atoms with Gasteiger partial charge in [-0.3, -0.25) is 0 Å². The standard InChI is InChI=1S/C12H22N4O/c1-10-14-12(15-17-10)5-7-13-11-4-3-8-16(2)9-6-11/h11,13H,3-9H2,1-2H3. The molecule has 1 unspecified atom stereocenters. The minimum Gasteiger partial charge on any atom is -0.340 e. The lowest BCUT2D eigenvalue weighted by Crippen LogP contribution is -2.32. The molecule has 2 rings (SSSR count). The highest BCUT2D eigenvalue weighted by Gasteiger charge is 2.14. The summed E-state index contributed by atoms with van der Waals surface area (Å²) in [5.74, 6) is 1.46. The number of rotatable bonds is 4. The molecule has 0 aromatic carbocycles. The van der Waals surface area contributed by atoms with Crippen molar-refractivity contribution in [3.63, 3.8) is 0 Å². The monoisotopic (exact) mass is 238 g/mol. The molecule has 0 aliphatic carbocycles. The lowest BCUT2D eigenvalue weighted by Gasteiger charge is -2.16. The van der Waals surface area contributed by atoms with Gasteiger partial charge in [-0.2, -0.15) is 4.98 Å². The van der Waals surface area contributed by atoms with Crippen LogP contribution in [0.25, 0.3) is 0 Å². The maximum absolute atomic E-state index is 4.95. The molecular weight excluding hydrogens is 216 g/mol. The van der Waals surface area contributed by atoms with Gasteiger partial charge >= 0.3 is 0 Å². The van der Waals surface area contributed by atoms with Crippen molar-refractivity contribution in [3.05, 3.63) is 11.7 Å². The molecule has 1 aliphatic heterocycles. The second-order valence-corrected chi connectivity index (χ2v) is 4.86. The smallest absolute Gasteiger partial charge is 0.223 e. The van der Waals surface area contributed by atoms with E-state index in [1.54, 1.807) is 0 Å². The SMILES string of the molecule is Cc1nc(CCNC2CCCN(C)CC2)no1. The second kappa shape index (κ2) is 6.12. The topological polar surface area (TPSA) is 54.2 Å². The van der Waals surface area contributed by atoms with Crippen molar-refractivity contribution in [2.24, 2.45) is 0 Å². The zero-order valence-corrected chi connectivity index (χ0v) is 10.8. The van der Waals surface area contributed by atoms with Gasteiger partial charge in [-0.1, -0.05) is 5.16 Å². The molecule has 1 atom stereocenters. The summed E-state index contributed by atoms with van der Waals surface area (Å²) < 4.78 is 4.95. The maximum Gasteiger partial charge on any atom is 0.223 e. The Balaban J connectivity index is 1.67. The first kappa shape index (κ1) is 12.5. The van der Waals surface area contributed by atoms with E-state index in [-0.39, 0.29) is 0 Å². The molecule has 0 radical (unpaired) electrons. The van der Waals surface area contributed by atoms with Crippen LogP contribution in [0.3, 0.4) is 0 Å². The molecule has 2 heterocycles. The van der Waals surface area contributed by atoms with E-state index in [1.165, 1.54) is 32.4 Å². The molecule has 1 aromatic rings. The van der Waals surface area contributed by atoms with Crippen molar-refractivity contribution in [1.82, 2.24) is 20.4 Å². The maximum atomic E-state index is 4.95. The third kappa shape index (κ3) is 4.09. The molecule has 5 heteroatoms. The van der Waals surface area contributed by atoms with Crippen LogP contribution < -0.4 is 5.32 Å². The summed E-state index contributed by atoms with van der Waals surface area (Å²) in [4.78, 5) is 6.60. The number of nitrogens with one attached hydrogen (secondary N) is 1. The number of nitrogens with zero attached hydrogens (tertiary/aromatic N) is 3. The molecule has 17 heavy (non-hydrogen) atoms. The molecule has 0 bridgehead atoms. The van der Waals surface area contributed by atoms with Crippen molar-refractivity contribution in [2.75, 3.05) is 26.7 Å². The summed E-state index contributed by atoms with van der Waals surface area (Å²) in [6, 6.07) is 0.646. The van der Waals surface area contributed by atoms with Crippen molar-refractivity contribution in [3.8, 4) is 0 Å². The van der Waals surface area contributed by atoms with Gasteiger partial charge in [-0.05, 0) is 39.4 Å². The van der Waals surface area contributed by atoms with Crippen LogP contribution in [0.15, 0.2) is 4.52 Å². The summed E-state index contributed by atoms with van der Waals surface area (Å²) in [6.07, 6.45) is 4.65. The molecule has 0 amide bonds. The van der Waals surface area contributed by atoms with Crippen LogP contribution in [-0.2, 0) is 6.42 Å². The first-order chi connectivity index (χ1) is 8.24. The molecular formula is C12H22N4O. The first-order valence-electron chi connectivity index (χ1n) is 6.45. The Kier molecular flexibility index (Phi) is 4.50. The minimum atomic E-state index is 0.646. The van der Waals surface area contributed by atoms with Gasteiger partial charge < -0.3 is 14.7 Å². The predicted molar refractivity (Wildman–Crippen MR) is 65.9 cm³/mol. The van der Waals surface area contributed by atoms with E-state index in [0.29, 0.717) is 11.9 Å². The van der Waals surface area contributed by atoms with Gasteiger partial charge in [-0.15, -0.1) is 0 Å². The van der Waals surface area contributed by atoms with Crippen molar-refractivity contribution >= 4 is 0 Å². The lowest BCUT2D eigenvalue weighted by molar-refractivity contribution is 0.343. The Morgan fingerprint density at radius 1 is 1.41 bits per heavy atom. The highest BCUT2D eigenvalue weighted by atomic mass is 16.5. The van der Waals surface area contributed by atoms with Crippen LogP contribution in [0.1, 0.15) is 31.0 Å². The van der Waals surface area contributed by atoms with Gasteiger partial charge in [0, 0.05) is 25.9 Å². The highest BCUT2D eigenvalue weighted by molar-refractivity contribution is 4.85. The molecule has 96 valence electrons. The fraction of sp³-hybridized carbons (Fsp3) is 0.833. The molecule has 1 saturated heterocycles. The van der Waals surface area contributed by atoms with E-state index in [2.05, 4.69) is 27.4 Å². The summed E-state index contributed by atoms with van der Waals surface area (Å²) in [5, 5.41) is 7.49. The van der Waals surface area contributed by atoms with Crippen LogP contribution in [0, 0.1) is 6.92 Å². The Labute approximate surface area is 103 Å². The van der Waals surface area contributed by atoms with E-state index in [1.807, 2.05) is 6.92 Å². The largest absolute Gasteiger partial charge is 0.340 e.